The lowest BCUT2D eigenvalue weighted by Crippen LogP contribution is -2.40. The predicted octanol–water partition coefficient (Wildman–Crippen LogP) is 2.73. The van der Waals surface area contributed by atoms with Gasteiger partial charge >= 0.3 is 0 Å². The van der Waals surface area contributed by atoms with Gasteiger partial charge in [-0.1, -0.05) is 12.1 Å². The topological polar surface area (TPSA) is 58.8 Å². The number of guanidine groups is 1. The van der Waals surface area contributed by atoms with Crippen LogP contribution >= 0.6 is 0 Å². The van der Waals surface area contributed by atoms with Crippen LogP contribution in [0.25, 0.3) is 0 Å². The SMILES string of the molecule is Fc1ccc(CN=C(NCCc2ccco2)NCC2CCOC2)cc1. The molecule has 1 saturated heterocycles. The van der Waals surface area contributed by atoms with Crippen molar-refractivity contribution in [2.24, 2.45) is 10.9 Å². The van der Waals surface area contributed by atoms with Gasteiger partial charge in [0, 0.05) is 32.0 Å². The van der Waals surface area contributed by atoms with E-state index in [2.05, 4.69) is 15.6 Å². The molecule has 0 bridgehead atoms. The molecule has 2 aromatic rings. The number of hydrogen-bond donors (Lipinski definition) is 2. The maximum absolute atomic E-state index is 13.0. The number of furan rings is 1. The Morgan fingerprint density at radius 2 is 2.08 bits per heavy atom. The Balaban J connectivity index is 1.53. The number of aliphatic imine (C=N–C) groups is 1. The maximum Gasteiger partial charge on any atom is 0.191 e. The van der Waals surface area contributed by atoms with Crippen molar-refractivity contribution in [2.45, 2.75) is 19.4 Å². The van der Waals surface area contributed by atoms with E-state index in [1.165, 1.54) is 12.1 Å². The van der Waals surface area contributed by atoms with Gasteiger partial charge in [-0.05, 0) is 36.2 Å². The van der Waals surface area contributed by atoms with Crippen molar-refractivity contribution in [2.75, 3.05) is 26.3 Å². The summed E-state index contributed by atoms with van der Waals surface area (Å²) in [7, 11) is 0. The normalized spacial score (nSPS) is 17.6. The smallest absolute Gasteiger partial charge is 0.191 e. The highest BCUT2D eigenvalue weighted by Crippen LogP contribution is 2.10. The Bertz CT molecular complexity index is 650. The van der Waals surface area contributed by atoms with Crippen molar-refractivity contribution in [1.82, 2.24) is 10.6 Å². The lowest BCUT2D eigenvalue weighted by Gasteiger charge is -2.15. The Morgan fingerprint density at radius 3 is 2.80 bits per heavy atom. The molecule has 1 atom stereocenters. The average Bonchev–Trinajstić information content (AvgIpc) is 3.32. The van der Waals surface area contributed by atoms with E-state index in [0.29, 0.717) is 12.5 Å². The molecule has 5 nitrogen and oxygen atoms in total. The van der Waals surface area contributed by atoms with Gasteiger partial charge in [-0.3, -0.25) is 0 Å². The first-order valence-electron chi connectivity index (χ1n) is 8.66. The molecule has 0 saturated carbocycles. The molecule has 134 valence electrons. The van der Waals surface area contributed by atoms with Gasteiger partial charge in [0.2, 0.25) is 0 Å². The lowest BCUT2D eigenvalue weighted by atomic mass is 10.1. The van der Waals surface area contributed by atoms with E-state index in [0.717, 1.165) is 56.4 Å². The van der Waals surface area contributed by atoms with Gasteiger partial charge in [0.1, 0.15) is 11.6 Å². The van der Waals surface area contributed by atoms with Crippen molar-refractivity contribution in [1.29, 1.82) is 0 Å². The molecule has 0 spiro atoms. The molecule has 1 fully saturated rings. The Morgan fingerprint density at radius 1 is 1.20 bits per heavy atom. The van der Waals surface area contributed by atoms with Crippen LogP contribution in [0, 0.1) is 11.7 Å². The van der Waals surface area contributed by atoms with Gasteiger partial charge in [0.05, 0.1) is 19.4 Å². The van der Waals surface area contributed by atoms with Gasteiger partial charge in [0.25, 0.3) is 0 Å². The number of rotatable bonds is 7. The number of nitrogens with zero attached hydrogens (tertiary/aromatic N) is 1. The lowest BCUT2D eigenvalue weighted by molar-refractivity contribution is 0.186. The average molecular weight is 345 g/mol. The molecule has 1 aromatic carbocycles. The summed E-state index contributed by atoms with van der Waals surface area (Å²) in [5, 5.41) is 6.71. The van der Waals surface area contributed by atoms with Crippen molar-refractivity contribution in [3.8, 4) is 0 Å². The maximum atomic E-state index is 13.0. The predicted molar refractivity (Wildman–Crippen MR) is 94.9 cm³/mol. The summed E-state index contributed by atoms with van der Waals surface area (Å²) in [5.74, 6) is 1.98. The minimum Gasteiger partial charge on any atom is -0.469 e. The number of benzene rings is 1. The fourth-order valence-electron chi connectivity index (χ4n) is 2.68. The second-order valence-electron chi connectivity index (χ2n) is 6.16. The second kappa shape index (κ2) is 9.22. The number of halogens is 1. The fourth-order valence-corrected chi connectivity index (χ4v) is 2.68. The van der Waals surface area contributed by atoms with E-state index >= 15 is 0 Å². The summed E-state index contributed by atoms with van der Waals surface area (Å²) in [6.07, 6.45) is 3.54. The van der Waals surface area contributed by atoms with E-state index in [1.807, 2.05) is 12.1 Å². The molecule has 0 amide bonds. The van der Waals surface area contributed by atoms with Crippen LogP contribution in [0.3, 0.4) is 0 Å². The van der Waals surface area contributed by atoms with Gasteiger partial charge < -0.3 is 19.8 Å². The number of hydrogen-bond acceptors (Lipinski definition) is 3. The standard InChI is InChI=1S/C19H24FN3O2/c20-17-5-3-15(4-6-17)12-22-19(23-13-16-8-11-24-14-16)21-9-7-18-2-1-10-25-18/h1-6,10,16H,7-9,11-14H2,(H2,21,22,23). The molecule has 6 heteroatoms. The molecule has 1 aliphatic heterocycles. The first-order valence-corrected chi connectivity index (χ1v) is 8.66. The van der Waals surface area contributed by atoms with E-state index < -0.39 is 0 Å². The molecule has 1 aromatic heterocycles. The summed E-state index contributed by atoms with van der Waals surface area (Å²) in [5.41, 5.74) is 0.970. The van der Waals surface area contributed by atoms with Crippen molar-refractivity contribution in [3.05, 3.63) is 59.8 Å². The minimum atomic E-state index is -0.233. The summed E-state index contributed by atoms with van der Waals surface area (Å²) in [4.78, 5) is 4.60. The number of ether oxygens (including phenoxy) is 1. The highest BCUT2D eigenvalue weighted by atomic mass is 19.1. The van der Waals surface area contributed by atoms with Gasteiger partial charge in [0.15, 0.2) is 5.96 Å². The van der Waals surface area contributed by atoms with E-state index in [-0.39, 0.29) is 5.82 Å². The van der Waals surface area contributed by atoms with Crippen LogP contribution in [0.1, 0.15) is 17.7 Å². The van der Waals surface area contributed by atoms with E-state index in [9.17, 15) is 4.39 Å². The van der Waals surface area contributed by atoms with E-state index in [1.54, 1.807) is 18.4 Å². The van der Waals surface area contributed by atoms with Crippen molar-refractivity contribution < 1.29 is 13.5 Å². The van der Waals surface area contributed by atoms with Gasteiger partial charge in [-0.25, -0.2) is 9.38 Å². The summed E-state index contributed by atoms with van der Waals surface area (Å²) >= 11 is 0. The van der Waals surface area contributed by atoms with Crippen LogP contribution < -0.4 is 10.6 Å². The largest absolute Gasteiger partial charge is 0.469 e. The monoisotopic (exact) mass is 345 g/mol. The molecule has 1 aliphatic rings. The van der Waals surface area contributed by atoms with Crippen LogP contribution in [0.15, 0.2) is 52.1 Å². The molecule has 2 N–H and O–H groups in total. The fraction of sp³-hybridized carbons (Fsp3) is 0.421. The molecule has 0 aliphatic carbocycles. The highest BCUT2D eigenvalue weighted by molar-refractivity contribution is 5.79. The van der Waals surface area contributed by atoms with Crippen LogP contribution in [-0.2, 0) is 17.7 Å². The first kappa shape index (κ1) is 17.5. The van der Waals surface area contributed by atoms with Crippen LogP contribution in [0.2, 0.25) is 0 Å². The molecule has 0 radical (unpaired) electrons. The van der Waals surface area contributed by atoms with Crippen LogP contribution in [0.5, 0.6) is 0 Å². The number of nitrogens with one attached hydrogen (secondary N) is 2. The van der Waals surface area contributed by atoms with Crippen molar-refractivity contribution >= 4 is 5.96 Å². The molecular formula is C19H24FN3O2. The van der Waals surface area contributed by atoms with Crippen LogP contribution in [-0.4, -0.2) is 32.3 Å². The second-order valence-corrected chi connectivity index (χ2v) is 6.16. The zero-order valence-electron chi connectivity index (χ0n) is 14.2. The first-order chi connectivity index (χ1) is 12.3. The van der Waals surface area contributed by atoms with E-state index in [4.69, 9.17) is 9.15 Å². The Labute approximate surface area is 147 Å². The Hall–Kier alpha value is -2.34. The minimum absolute atomic E-state index is 0.233. The summed E-state index contributed by atoms with van der Waals surface area (Å²) in [6.45, 7) is 3.68. The summed E-state index contributed by atoms with van der Waals surface area (Å²) in [6, 6.07) is 10.3. The Kier molecular flexibility index (Phi) is 6.45. The quantitative estimate of drug-likeness (QED) is 0.598. The molecular weight excluding hydrogens is 321 g/mol. The zero-order valence-corrected chi connectivity index (χ0v) is 14.2. The highest BCUT2D eigenvalue weighted by Gasteiger charge is 2.15. The summed E-state index contributed by atoms with van der Waals surface area (Å²) < 4.78 is 23.8. The molecule has 25 heavy (non-hydrogen) atoms. The third kappa shape index (κ3) is 5.90. The van der Waals surface area contributed by atoms with Crippen LogP contribution in [0.4, 0.5) is 4.39 Å². The van der Waals surface area contributed by atoms with Gasteiger partial charge in [-0.15, -0.1) is 0 Å². The molecule has 3 rings (SSSR count). The molecule has 2 heterocycles. The van der Waals surface area contributed by atoms with Crippen molar-refractivity contribution in [3.63, 3.8) is 0 Å². The third-order valence-electron chi connectivity index (χ3n) is 4.16. The third-order valence-corrected chi connectivity index (χ3v) is 4.16. The van der Waals surface area contributed by atoms with Gasteiger partial charge in [-0.2, -0.15) is 0 Å². The zero-order chi connectivity index (χ0) is 17.3. The molecule has 1 unspecified atom stereocenters.